The Labute approximate surface area is 115 Å². The molecule has 0 bridgehead atoms. The number of hydrogen-bond acceptors (Lipinski definition) is 4. The van der Waals surface area contributed by atoms with Crippen molar-refractivity contribution in [3.63, 3.8) is 0 Å². The van der Waals surface area contributed by atoms with Gasteiger partial charge in [-0.2, -0.15) is 4.31 Å². The van der Waals surface area contributed by atoms with Gasteiger partial charge in [-0.15, -0.1) is 11.3 Å². The van der Waals surface area contributed by atoms with E-state index >= 15 is 0 Å². The van der Waals surface area contributed by atoms with Crippen LogP contribution in [-0.4, -0.2) is 25.8 Å². The normalized spacial score (nSPS) is 12.3. The molecule has 0 saturated heterocycles. The van der Waals surface area contributed by atoms with Gasteiger partial charge in [0, 0.05) is 24.5 Å². The molecule has 1 aromatic heterocycles. The van der Waals surface area contributed by atoms with E-state index in [-0.39, 0.29) is 0 Å². The number of thiophene rings is 1. The zero-order valence-electron chi connectivity index (χ0n) is 9.94. The summed E-state index contributed by atoms with van der Waals surface area (Å²) in [6.45, 7) is 5.19. The Morgan fingerprint density at radius 3 is 2.53 bits per heavy atom. The van der Waals surface area contributed by atoms with Crippen molar-refractivity contribution in [2.24, 2.45) is 5.73 Å². The number of nitrogens with zero attached hydrogens (tertiary/aromatic N) is 1. The molecule has 2 N–H and O–H groups in total. The summed E-state index contributed by atoms with van der Waals surface area (Å²) in [5.74, 6) is 0. The van der Waals surface area contributed by atoms with E-state index in [1.807, 2.05) is 13.8 Å². The number of halogens is 1. The summed E-state index contributed by atoms with van der Waals surface area (Å²) in [4.78, 5) is 1.20. The molecule has 1 rings (SSSR count). The van der Waals surface area contributed by atoms with Gasteiger partial charge in [-0.1, -0.05) is 13.8 Å². The molecule has 0 fully saturated rings. The number of hydrogen-bond donors (Lipinski definition) is 1. The van der Waals surface area contributed by atoms with Crippen LogP contribution in [-0.2, 0) is 16.6 Å². The van der Waals surface area contributed by atoms with Gasteiger partial charge in [0.15, 0.2) is 0 Å². The lowest BCUT2D eigenvalue weighted by molar-refractivity contribution is 0.427. The first-order valence-electron chi connectivity index (χ1n) is 5.45. The number of sulfonamides is 1. The molecule has 0 aliphatic rings. The minimum Gasteiger partial charge on any atom is -0.326 e. The van der Waals surface area contributed by atoms with Crippen LogP contribution in [0.3, 0.4) is 0 Å². The Morgan fingerprint density at radius 2 is 2.12 bits per heavy atom. The molecule has 7 heteroatoms. The molecule has 0 saturated carbocycles. The highest BCUT2D eigenvalue weighted by atomic mass is 79.9. The molecule has 0 amide bonds. The average molecular weight is 341 g/mol. The lowest BCUT2D eigenvalue weighted by Crippen LogP contribution is -2.31. The van der Waals surface area contributed by atoms with E-state index in [2.05, 4.69) is 15.9 Å². The maximum absolute atomic E-state index is 12.4. The first-order chi connectivity index (χ1) is 7.97. The van der Waals surface area contributed by atoms with Crippen LogP contribution in [0.4, 0.5) is 0 Å². The van der Waals surface area contributed by atoms with Gasteiger partial charge in [0.25, 0.3) is 0 Å². The van der Waals surface area contributed by atoms with E-state index < -0.39 is 10.0 Å². The van der Waals surface area contributed by atoms with Crippen molar-refractivity contribution in [2.75, 3.05) is 13.1 Å². The third-order valence-electron chi connectivity index (χ3n) is 2.35. The quantitative estimate of drug-likeness (QED) is 0.864. The minimum atomic E-state index is -3.39. The lowest BCUT2D eigenvalue weighted by atomic mass is 10.5. The van der Waals surface area contributed by atoms with Crippen LogP contribution in [0, 0.1) is 0 Å². The van der Waals surface area contributed by atoms with Gasteiger partial charge in [0.1, 0.15) is 4.90 Å². The van der Waals surface area contributed by atoms with Crippen molar-refractivity contribution in [2.45, 2.75) is 31.7 Å². The Bertz CT molecular complexity index is 471. The Kier molecular flexibility index (Phi) is 5.59. The third kappa shape index (κ3) is 3.29. The van der Waals surface area contributed by atoms with E-state index in [9.17, 15) is 8.42 Å². The first-order valence-corrected chi connectivity index (χ1v) is 8.50. The molecular weight excluding hydrogens is 324 g/mol. The van der Waals surface area contributed by atoms with Gasteiger partial charge >= 0.3 is 0 Å². The molecule has 17 heavy (non-hydrogen) atoms. The van der Waals surface area contributed by atoms with Crippen molar-refractivity contribution in [1.82, 2.24) is 4.31 Å². The molecule has 0 aromatic carbocycles. The standard InChI is InChI=1S/C10H17BrN2O2S2/c1-3-5-13(4-2)17(14,15)9-6-8(7-12)16-10(9)11/h6H,3-5,7,12H2,1-2H3. The van der Waals surface area contributed by atoms with Crippen molar-refractivity contribution in [3.8, 4) is 0 Å². The molecule has 98 valence electrons. The van der Waals surface area contributed by atoms with E-state index in [1.165, 1.54) is 15.6 Å². The molecule has 0 unspecified atom stereocenters. The fraction of sp³-hybridized carbons (Fsp3) is 0.600. The summed E-state index contributed by atoms with van der Waals surface area (Å²) in [5, 5.41) is 0. The maximum Gasteiger partial charge on any atom is 0.245 e. The average Bonchev–Trinajstić information content (AvgIpc) is 2.67. The molecule has 0 aliphatic carbocycles. The smallest absolute Gasteiger partial charge is 0.245 e. The van der Waals surface area contributed by atoms with Gasteiger partial charge < -0.3 is 5.73 Å². The van der Waals surface area contributed by atoms with Gasteiger partial charge in [-0.3, -0.25) is 0 Å². The fourth-order valence-corrected chi connectivity index (χ4v) is 5.56. The predicted octanol–water partition coefficient (Wildman–Crippen LogP) is 2.39. The van der Waals surface area contributed by atoms with Crippen molar-refractivity contribution >= 4 is 37.3 Å². The van der Waals surface area contributed by atoms with E-state index in [0.717, 1.165) is 11.3 Å². The zero-order valence-corrected chi connectivity index (χ0v) is 13.2. The molecule has 1 heterocycles. The van der Waals surface area contributed by atoms with E-state index in [1.54, 1.807) is 6.07 Å². The van der Waals surface area contributed by atoms with Crippen molar-refractivity contribution in [1.29, 1.82) is 0 Å². The monoisotopic (exact) mass is 340 g/mol. The summed E-state index contributed by atoms with van der Waals surface area (Å²) in [7, 11) is -3.39. The zero-order chi connectivity index (χ0) is 13.1. The van der Waals surface area contributed by atoms with Crippen LogP contribution in [0.1, 0.15) is 25.1 Å². The SMILES string of the molecule is CCCN(CC)S(=O)(=O)c1cc(CN)sc1Br. The summed E-state index contributed by atoms with van der Waals surface area (Å²) in [5.41, 5.74) is 5.52. The highest BCUT2D eigenvalue weighted by Crippen LogP contribution is 2.33. The molecule has 4 nitrogen and oxygen atoms in total. The van der Waals surface area contributed by atoms with Crippen LogP contribution >= 0.6 is 27.3 Å². The number of nitrogens with two attached hydrogens (primary N) is 1. The second-order valence-electron chi connectivity index (χ2n) is 3.55. The molecule has 0 aliphatic heterocycles. The molecule has 0 atom stereocenters. The summed E-state index contributed by atoms with van der Waals surface area (Å²) in [6.07, 6.45) is 0.804. The maximum atomic E-state index is 12.4. The topological polar surface area (TPSA) is 63.4 Å². The van der Waals surface area contributed by atoms with Crippen LogP contribution in [0.15, 0.2) is 14.7 Å². The van der Waals surface area contributed by atoms with E-state index in [0.29, 0.717) is 28.3 Å². The largest absolute Gasteiger partial charge is 0.326 e. The molecule has 0 radical (unpaired) electrons. The summed E-state index contributed by atoms with van der Waals surface area (Å²) >= 11 is 4.67. The summed E-state index contributed by atoms with van der Waals surface area (Å²) < 4.78 is 26.8. The highest BCUT2D eigenvalue weighted by molar-refractivity contribution is 9.11. The van der Waals surface area contributed by atoms with E-state index in [4.69, 9.17) is 5.73 Å². The minimum absolute atomic E-state index is 0.332. The highest BCUT2D eigenvalue weighted by Gasteiger charge is 2.26. The fourth-order valence-electron chi connectivity index (χ4n) is 1.51. The predicted molar refractivity (Wildman–Crippen MR) is 74.6 cm³/mol. The Balaban J connectivity index is 3.15. The van der Waals surface area contributed by atoms with Crippen LogP contribution in [0.25, 0.3) is 0 Å². The number of rotatable bonds is 6. The van der Waals surface area contributed by atoms with Crippen molar-refractivity contribution < 1.29 is 8.42 Å². The third-order valence-corrected chi connectivity index (χ3v) is 6.60. The van der Waals surface area contributed by atoms with Gasteiger partial charge in [0.05, 0.1) is 3.79 Å². The second-order valence-corrected chi connectivity index (χ2v) is 7.91. The van der Waals surface area contributed by atoms with Gasteiger partial charge in [0.2, 0.25) is 10.0 Å². The molecule has 1 aromatic rings. The Morgan fingerprint density at radius 1 is 1.47 bits per heavy atom. The van der Waals surface area contributed by atoms with Gasteiger partial charge in [-0.05, 0) is 28.4 Å². The molecular formula is C10H17BrN2O2S2. The Hall–Kier alpha value is 0.0500. The van der Waals surface area contributed by atoms with Crippen LogP contribution in [0.5, 0.6) is 0 Å². The lowest BCUT2D eigenvalue weighted by Gasteiger charge is -2.19. The van der Waals surface area contributed by atoms with Crippen LogP contribution < -0.4 is 5.73 Å². The first kappa shape index (κ1) is 15.1. The summed E-state index contributed by atoms with van der Waals surface area (Å²) in [6, 6.07) is 1.66. The second kappa shape index (κ2) is 6.29. The van der Waals surface area contributed by atoms with Gasteiger partial charge in [-0.25, -0.2) is 8.42 Å². The van der Waals surface area contributed by atoms with Crippen LogP contribution in [0.2, 0.25) is 0 Å². The van der Waals surface area contributed by atoms with Crippen molar-refractivity contribution in [3.05, 3.63) is 14.7 Å². The molecule has 0 spiro atoms.